The monoisotopic (exact) mass is 175 g/mol. The maximum absolute atomic E-state index is 5.08. The molecule has 0 saturated carbocycles. The van der Waals surface area contributed by atoms with E-state index in [-0.39, 0.29) is 0 Å². The predicted molar refractivity (Wildman–Crippen MR) is 56.4 cm³/mol. The molecule has 0 bridgehead atoms. The zero-order valence-corrected chi connectivity index (χ0v) is 8.00. The van der Waals surface area contributed by atoms with Crippen LogP contribution in [0, 0.1) is 6.92 Å². The van der Waals surface area contributed by atoms with Crippen LogP contribution >= 0.6 is 0 Å². The van der Waals surface area contributed by atoms with Crippen LogP contribution < -0.4 is 0 Å². The van der Waals surface area contributed by atoms with Gasteiger partial charge in [0.25, 0.3) is 0 Å². The standard InChI is InChI=1S/C11H13NO/c1-8-6-5-7-10(12-3)11(8)9(2)13-4/h5-7H,2-3H2,1,4H3. The molecule has 0 N–H and O–H groups in total. The molecule has 0 aromatic heterocycles. The summed E-state index contributed by atoms with van der Waals surface area (Å²) in [5.41, 5.74) is 2.84. The van der Waals surface area contributed by atoms with Gasteiger partial charge in [-0.1, -0.05) is 18.7 Å². The summed E-state index contributed by atoms with van der Waals surface area (Å²) in [5, 5.41) is 0. The minimum Gasteiger partial charge on any atom is -0.497 e. The highest BCUT2D eigenvalue weighted by atomic mass is 16.5. The minimum absolute atomic E-state index is 0.625. The molecule has 0 saturated heterocycles. The molecule has 1 aromatic carbocycles. The Labute approximate surface area is 78.6 Å². The first-order valence-electron chi connectivity index (χ1n) is 4.00. The number of rotatable bonds is 3. The molecule has 0 atom stereocenters. The van der Waals surface area contributed by atoms with E-state index >= 15 is 0 Å². The summed E-state index contributed by atoms with van der Waals surface area (Å²) in [7, 11) is 1.60. The van der Waals surface area contributed by atoms with Crippen molar-refractivity contribution < 1.29 is 4.74 Å². The Morgan fingerprint density at radius 2 is 2.15 bits per heavy atom. The van der Waals surface area contributed by atoms with Crippen molar-refractivity contribution in [1.82, 2.24) is 0 Å². The number of benzene rings is 1. The lowest BCUT2D eigenvalue weighted by Gasteiger charge is -2.10. The van der Waals surface area contributed by atoms with Crippen molar-refractivity contribution >= 4 is 18.2 Å². The lowest BCUT2D eigenvalue weighted by Crippen LogP contribution is -1.90. The third-order valence-corrected chi connectivity index (χ3v) is 1.95. The molecule has 0 radical (unpaired) electrons. The number of aliphatic imine (C=N–C) groups is 1. The van der Waals surface area contributed by atoms with Gasteiger partial charge in [-0.2, -0.15) is 0 Å². The van der Waals surface area contributed by atoms with Gasteiger partial charge in [0, 0.05) is 5.56 Å². The molecule has 2 heteroatoms. The Bertz CT molecular complexity index is 342. The smallest absolute Gasteiger partial charge is 0.121 e. The maximum atomic E-state index is 5.08. The molecule has 0 unspecified atom stereocenters. The van der Waals surface area contributed by atoms with Crippen LogP contribution in [0.5, 0.6) is 0 Å². The zero-order valence-electron chi connectivity index (χ0n) is 8.00. The summed E-state index contributed by atoms with van der Waals surface area (Å²) in [6.07, 6.45) is 0. The Balaban J connectivity index is 3.30. The SMILES string of the molecule is C=Nc1cccc(C)c1C(=C)OC. The van der Waals surface area contributed by atoms with E-state index in [0.29, 0.717) is 5.76 Å². The second-order valence-corrected chi connectivity index (χ2v) is 2.75. The van der Waals surface area contributed by atoms with E-state index in [1.54, 1.807) is 7.11 Å². The molecule has 0 spiro atoms. The van der Waals surface area contributed by atoms with Gasteiger partial charge in [-0.25, -0.2) is 0 Å². The third-order valence-electron chi connectivity index (χ3n) is 1.95. The van der Waals surface area contributed by atoms with Crippen molar-refractivity contribution in [2.45, 2.75) is 6.92 Å². The van der Waals surface area contributed by atoms with E-state index in [9.17, 15) is 0 Å². The third kappa shape index (κ3) is 1.78. The van der Waals surface area contributed by atoms with Crippen LogP contribution in [-0.2, 0) is 4.74 Å². The minimum atomic E-state index is 0.625. The van der Waals surface area contributed by atoms with Gasteiger partial charge in [-0.15, -0.1) is 0 Å². The molecular formula is C11H13NO. The summed E-state index contributed by atoms with van der Waals surface area (Å²) in [4.78, 5) is 3.91. The fourth-order valence-corrected chi connectivity index (χ4v) is 1.25. The quantitative estimate of drug-likeness (QED) is 0.511. The van der Waals surface area contributed by atoms with Crippen molar-refractivity contribution in [1.29, 1.82) is 0 Å². The van der Waals surface area contributed by atoms with Gasteiger partial charge >= 0.3 is 0 Å². The van der Waals surface area contributed by atoms with E-state index < -0.39 is 0 Å². The van der Waals surface area contributed by atoms with E-state index in [0.717, 1.165) is 16.8 Å². The average Bonchev–Trinajstić information content (AvgIpc) is 2.16. The molecule has 1 rings (SSSR count). The number of nitrogens with zero attached hydrogens (tertiary/aromatic N) is 1. The van der Waals surface area contributed by atoms with Crippen molar-refractivity contribution in [2.75, 3.05) is 7.11 Å². The molecule has 0 heterocycles. The molecule has 13 heavy (non-hydrogen) atoms. The number of methoxy groups -OCH3 is 1. The normalized spacial score (nSPS) is 9.38. The average molecular weight is 175 g/mol. The summed E-state index contributed by atoms with van der Waals surface area (Å²) >= 11 is 0. The number of aryl methyl sites for hydroxylation is 1. The van der Waals surface area contributed by atoms with Crippen molar-refractivity contribution in [2.24, 2.45) is 4.99 Å². The molecule has 0 amide bonds. The van der Waals surface area contributed by atoms with Crippen molar-refractivity contribution in [3.8, 4) is 0 Å². The Morgan fingerprint density at radius 3 is 2.69 bits per heavy atom. The van der Waals surface area contributed by atoms with E-state index in [2.05, 4.69) is 18.3 Å². The Morgan fingerprint density at radius 1 is 1.46 bits per heavy atom. The lowest BCUT2D eigenvalue weighted by atomic mass is 10.1. The molecule has 1 aromatic rings. The molecular weight excluding hydrogens is 162 g/mol. The first-order chi connectivity index (χ1) is 6.20. The van der Waals surface area contributed by atoms with Crippen LogP contribution in [0.3, 0.4) is 0 Å². The van der Waals surface area contributed by atoms with Crippen molar-refractivity contribution in [3.05, 3.63) is 35.9 Å². The predicted octanol–water partition coefficient (Wildman–Crippen LogP) is 2.94. The highest BCUT2D eigenvalue weighted by Gasteiger charge is 2.07. The van der Waals surface area contributed by atoms with Crippen LogP contribution in [0.25, 0.3) is 5.76 Å². The van der Waals surface area contributed by atoms with Gasteiger partial charge in [-0.05, 0) is 25.3 Å². The highest BCUT2D eigenvalue weighted by molar-refractivity contribution is 5.73. The van der Waals surface area contributed by atoms with Gasteiger partial charge in [0.15, 0.2) is 0 Å². The number of hydrogen-bond acceptors (Lipinski definition) is 2. The highest BCUT2D eigenvalue weighted by Crippen LogP contribution is 2.28. The summed E-state index contributed by atoms with van der Waals surface area (Å²) < 4.78 is 5.08. The summed E-state index contributed by atoms with van der Waals surface area (Å²) in [6, 6.07) is 5.82. The van der Waals surface area contributed by atoms with Gasteiger partial charge < -0.3 is 4.74 Å². The molecule has 2 nitrogen and oxygen atoms in total. The van der Waals surface area contributed by atoms with Crippen molar-refractivity contribution in [3.63, 3.8) is 0 Å². The van der Waals surface area contributed by atoms with E-state index in [1.807, 2.05) is 25.1 Å². The molecule has 0 fully saturated rings. The van der Waals surface area contributed by atoms with Gasteiger partial charge in [0.1, 0.15) is 5.76 Å². The number of ether oxygens (including phenoxy) is 1. The Hall–Kier alpha value is -1.57. The molecule has 68 valence electrons. The molecule has 0 aliphatic rings. The zero-order chi connectivity index (χ0) is 9.84. The van der Waals surface area contributed by atoms with Gasteiger partial charge in [-0.3, -0.25) is 4.99 Å². The molecule has 0 aliphatic heterocycles. The van der Waals surface area contributed by atoms with Gasteiger partial charge in [0.2, 0.25) is 0 Å². The lowest BCUT2D eigenvalue weighted by molar-refractivity contribution is 0.371. The van der Waals surface area contributed by atoms with E-state index in [1.165, 1.54) is 0 Å². The first kappa shape index (κ1) is 9.52. The summed E-state index contributed by atoms with van der Waals surface area (Å²) in [6.45, 7) is 9.30. The van der Waals surface area contributed by atoms with Crippen LogP contribution in [0.2, 0.25) is 0 Å². The van der Waals surface area contributed by atoms with Crippen LogP contribution in [0.15, 0.2) is 29.8 Å². The largest absolute Gasteiger partial charge is 0.497 e. The maximum Gasteiger partial charge on any atom is 0.121 e. The molecule has 0 aliphatic carbocycles. The second kappa shape index (κ2) is 3.90. The topological polar surface area (TPSA) is 21.6 Å². The number of hydrogen-bond donors (Lipinski definition) is 0. The summed E-state index contributed by atoms with van der Waals surface area (Å²) in [5.74, 6) is 0.625. The fourth-order valence-electron chi connectivity index (χ4n) is 1.25. The Kier molecular flexibility index (Phi) is 2.85. The van der Waals surface area contributed by atoms with Crippen LogP contribution in [-0.4, -0.2) is 13.8 Å². The first-order valence-corrected chi connectivity index (χ1v) is 4.00. The second-order valence-electron chi connectivity index (χ2n) is 2.75. The van der Waals surface area contributed by atoms with E-state index in [4.69, 9.17) is 4.74 Å². The van der Waals surface area contributed by atoms with Gasteiger partial charge in [0.05, 0.1) is 12.8 Å². The van der Waals surface area contributed by atoms with Crippen LogP contribution in [0.4, 0.5) is 5.69 Å². The fraction of sp³-hybridized carbons (Fsp3) is 0.182. The van der Waals surface area contributed by atoms with Crippen LogP contribution in [0.1, 0.15) is 11.1 Å².